The Hall–Kier alpha value is 0. The third-order valence-corrected chi connectivity index (χ3v) is 4.92. The van der Waals surface area contributed by atoms with Gasteiger partial charge in [0.25, 0.3) is 0 Å². The quantitative estimate of drug-likeness (QED) is 0.438. The summed E-state index contributed by atoms with van der Waals surface area (Å²) in [5.74, 6) is 2.28. The van der Waals surface area contributed by atoms with E-state index in [9.17, 15) is 0 Å². The van der Waals surface area contributed by atoms with Gasteiger partial charge in [-0.05, 0) is 11.8 Å². The molecular formula is C16H30. The van der Waals surface area contributed by atoms with Gasteiger partial charge in [0, 0.05) is 0 Å². The highest BCUT2D eigenvalue weighted by Gasteiger charge is 2.16. The minimum atomic E-state index is 1.14. The largest absolute Gasteiger partial charge is 0.0533 e. The molecule has 0 amide bonds. The van der Waals surface area contributed by atoms with Crippen LogP contribution in [-0.4, -0.2) is 0 Å². The van der Waals surface area contributed by atoms with Crippen LogP contribution < -0.4 is 0 Å². The maximum Gasteiger partial charge on any atom is -0.0414 e. The van der Waals surface area contributed by atoms with Gasteiger partial charge in [-0.1, -0.05) is 89.9 Å². The molecule has 0 aliphatic heterocycles. The van der Waals surface area contributed by atoms with Crippen LogP contribution in [-0.2, 0) is 0 Å². The van der Waals surface area contributed by atoms with E-state index in [1.54, 1.807) is 38.5 Å². The van der Waals surface area contributed by atoms with Crippen molar-refractivity contribution in [3.05, 3.63) is 0 Å². The number of hydrogen-bond acceptors (Lipinski definition) is 0. The molecule has 0 aromatic rings. The second-order valence-corrected chi connectivity index (χ2v) is 6.29. The maximum absolute atomic E-state index is 1.54. The van der Waals surface area contributed by atoms with Crippen LogP contribution in [0.2, 0.25) is 0 Å². The first kappa shape index (κ1) is 12.5. The van der Waals surface area contributed by atoms with Crippen molar-refractivity contribution in [3.63, 3.8) is 0 Å². The lowest BCUT2D eigenvalue weighted by molar-refractivity contribution is 0.282. The van der Waals surface area contributed by atoms with E-state index in [2.05, 4.69) is 0 Å². The van der Waals surface area contributed by atoms with Gasteiger partial charge in [-0.15, -0.1) is 0 Å². The van der Waals surface area contributed by atoms with Crippen LogP contribution in [0.4, 0.5) is 0 Å². The first-order valence-corrected chi connectivity index (χ1v) is 7.95. The molecule has 2 rings (SSSR count). The fourth-order valence-corrected chi connectivity index (χ4v) is 3.14. The molecule has 0 heteroatoms. The van der Waals surface area contributed by atoms with Crippen molar-refractivity contribution in [2.24, 2.45) is 11.8 Å². The molecule has 2 saturated carbocycles. The number of hydrogen-bond donors (Lipinski definition) is 0. The van der Waals surface area contributed by atoms with Gasteiger partial charge in [0.05, 0.1) is 0 Å². The van der Waals surface area contributed by atoms with Crippen molar-refractivity contribution in [2.45, 2.75) is 89.9 Å². The average molecular weight is 222 g/mol. The summed E-state index contributed by atoms with van der Waals surface area (Å²) in [7, 11) is 0. The lowest BCUT2D eigenvalue weighted by Gasteiger charge is -2.25. The van der Waals surface area contributed by atoms with Crippen LogP contribution in [0, 0.1) is 11.8 Å². The van der Waals surface area contributed by atoms with E-state index in [1.807, 2.05) is 0 Å². The summed E-state index contributed by atoms with van der Waals surface area (Å²) in [5.41, 5.74) is 0. The van der Waals surface area contributed by atoms with Crippen LogP contribution in [0.3, 0.4) is 0 Å². The molecule has 0 spiro atoms. The molecule has 0 nitrogen and oxygen atoms in total. The molecule has 0 heterocycles. The highest BCUT2D eigenvalue weighted by molar-refractivity contribution is 4.70. The van der Waals surface area contributed by atoms with Gasteiger partial charge in [0.15, 0.2) is 0 Å². The van der Waals surface area contributed by atoms with Crippen LogP contribution in [0.1, 0.15) is 89.9 Å². The lowest BCUT2D eigenvalue weighted by Crippen LogP contribution is -2.10. The van der Waals surface area contributed by atoms with E-state index in [-0.39, 0.29) is 0 Å². The van der Waals surface area contributed by atoms with Crippen LogP contribution in [0.15, 0.2) is 0 Å². The van der Waals surface area contributed by atoms with Gasteiger partial charge in [0.1, 0.15) is 0 Å². The first-order valence-electron chi connectivity index (χ1n) is 7.95. The molecule has 0 saturated heterocycles. The Labute approximate surface area is 102 Å². The smallest absolute Gasteiger partial charge is 0.0414 e. The summed E-state index contributed by atoms with van der Waals surface area (Å²) >= 11 is 0. The predicted molar refractivity (Wildman–Crippen MR) is 71.6 cm³/mol. The zero-order chi connectivity index (χ0) is 11.1. The topological polar surface area (TPSA) is 0 Å². The van der Waals surface area contributed by atoms with Crippen molar-refractivity contribution < 1.29 is 0 Å². The van der Waals surface area contributed by atoms with Gasteiger partial charge >= 0.3 is 0 Å². The summed E-state index contributed by atoms with van der Waals surface area (Å²) in [4.78, 5) is 0. The van der Waals surface area contributed by atoms with Gasteiger partial charge in [-0.3, -0.25) is 0 Å². The molecule has 2 aliphatic carbocycles. The minimum absolute atomic E-state index is 1.14. The monoisotopic (exact) mass is 222 g/mol. The van der Waals surface area contributed by atoms with Crippen LogP contribution in [0.5, 0.6) is 0 Å². The van der Waals surface area contributed by atoms with E-state index >= 15 is 0 Å². The summed E-state index contributed by atoms with van der Waals surface area (Å²) in [6.07, 6.45) is 21.4. The van der Waals surface area contributed by atoms with Gasteiger partial charge in [-0.2, -0.15) is 0 Å². The normalized spacial score (nSPS) is 21.8. The fourth-order valence-electron chi connectivity index (χ4n) is 3.14. The molecule has 94 valence electrons. The Morgan fingerprint density at radius 3 is 1.19 bits per heavy atom. The van der Waals surface area contributed by atoms with Crippen molar-refractivity contribution >= 4 is 0 Å². The zero-order valence-electron chi connectivity index (χ0n) is 11.1. The maximum atomic E-state index is 1.54. The molecule has 0 radical (unpaired) electrons. The van der Waals surface area contributed by atoms with E-state index in [0.29, 0.717) is 0 Å². The second-order valence-electron chi connectivity index (χ2n) is 6.29. The third kappa shape index (κ3) is 4.47. The molecule has 0 N–H and O–H groups in total. The van der Waals surface area contributed by atoms with Crippen LogP contribution >= 0.6 is 0 Å². The molecule has 0 bridgehead atoms. The second kappa shape index (κ2) is 7.35. The molecule has 0 atom stereocenters. The molecule has 0 aromatic heterocycles. The number of rotatable bonds is 9. The fraction of sp³-hybridized carbons (Fsp3) is 1.00. The van der Waals surface area contributed by atoms with E-state index in [1.165, 1.54) is 51.4 Å². The molecule has 16 heavy (non-hydrogen) atoms. The Bertz CT molecular complexity index is 145. The van der Waals surface area contributed by atoms with Crippen molar-refractivity contribution in [1.82, 2.24) is 0 Å². The van der Waals surface area contributed by atoms with Gasteiger partial charge < -0.3 is 0 Å². The average Bonchev–Trinajstić information content (AvgIpc) is 2.15. The molecule has 0 unspecified atom stereocenters. The third-order valence-electron chi connectivity index (χ3n) is 4.92. The van der Waals surface area contributed by atoms with E-state index in [0.717, 1.165) is 11.8 Å². The molecule has 2 fully saturated rings. The van der Waals surface area contributed by atoms with Gasteiger partial charge in [0.2, 0.25) is 0 Å². The Morgan fingerprint density at radius 1 is 0.500 bits per heavy atom. The zero-order valence-corrected chi connectivity index (χ0v) is 11.1. The summed E-state index contributed by atoms with van der Waals surface area (Å²) in [5, 5.41) is 0. The summed E-state index contributed by atoms with van der Waals surface area (Å²) in [6, 6.07) is 0. The molecule has 0 aromatic carbocycles. The Balaban J connectivity index is 1.27. The van der Waals surface area contributed by atoms with E-state index < -0.39 is 0 Å². The Morgan fingerprint density at radius 2 is 0.875 bits per heavy atom. The first-order chi connectivity index (χ1) is 7.95. The van der Waals surface area contributed by atoms with Crippen molar-refractivity contribution in [1.29, 1.82) is 0 Å². The predicted octanol–water partition coefficient (Wildman–Crippen LogP) is 5.71. The van der Waals surface area contributed by atoms with Gasteiger partial charge in [-0.25, -0.2) is 0 Å². The minimum Gasteiger partial charge on any atom is -0.0533 e. The standard InChI is InChI=1S/C16H30/c1(3-5-9-15-11-7-12-15)2-4-6-10-16-13-8-14-16/h15-16H,1-14H2. The molecular weight excluding hydrogens is 192 g/mol. The lowest BCUT2D eigenvalue weighted by atomic mass is 9.81. The summed E-state index contributed by atoms with van der Waals surface area (Å²) < 4.78 is 0. The van der Waals surface area contributed by atoms with Crippen molar-refractivity contribution in [2.75, 3.05) is 0 Å². The highest BCUT2D eigenvalue weighted by atomic mass is 14.2. The molecule has 2 aliphatic rings. The highest BCUT2D eigenvalue weighted by Crippen LogP contribution is 2.32. The SMILES string of the molecule is C(CCCCC1CCC1)CCCC1CCC1. The van der Waals surface area contributed by atoms with Crippen molar-refractivity contribution in [3.8, 4) is 0 Å². The van der Waals surface area contributed by atoms with E-state index in [4.69, 9.17) is 0 Å². The Kier molecular flexibility index (Phi) is 5.72. The summed E-state index contributed by atoms with van der Waals surface area (Å²) in [6.45, 7) is 0. The number of unbranched alkanes of at least 4 members (excludes halogenated alkanes) is 5. The van der Waals surface area contributed by atoms with Crippen LogP contribution in [0.25, 0.3) is 0 Å².